The van der Waals surface area contributed by atoms with Crippen LogP contribution in [0.5, 0.6) is 0 Å². The van der Waals surface area contributed by atoms with Crippen molar-refractivity contribution in [2.75, 3.05) is 33.7 Å². The van der Waals surface area contributed by atoms with E-state index in [0.29, 0.717) is 6.54 Å². The summed E-state index contributed by atoms with van der Waals surface area (Å²) in [6, 6.07) is 2.18. The number of likely N-dealkylation sites (N-methyl/N-ethyl adjacent to an activating group) is 1. The first-order valence-corrected chi connectivity index (χ1v) is 9.52. The quantitative estimate of drug-likeness (QED) is 0.808. The zero-order valence-electron chi connectivity index (χ0n) is 15.0. The van der Waals surface area contributed by atoms with Gasteiger partial charge in [-0.2, -0.15) is 16.4 Å². The van der Waals surface area contributed by atoms with Crippen LogP contribution in [0.4, 0.5) is 0 Å². The Morgan fingerprint density at radius 2 is 2.36 bits per heavy atom. The first kappa shape index (κ1) is 18.0. The Morgan fingerprint density at radius 1 is 1.52 bits per heavy atom. The molecular formula is C17H26N6OS. The average molecular weight is 363 g/mol. The van der Waals surface area contributed by atoms with Crippen molar-refractivity contribution in [2.24, 2.45) is 0 Å². The SMILES string of the molecule is Cc1nc([C@H]2CCN(Cc3ccsc3)C[C@H]2NC(=O)CN(C)C)n[nH]1. The standard InChI is InChI=1S/C17H26N6OS/c1-12-18-17(21-20-12)14-4-6-23(8-13-5-7-25-11-13)9-15(14)19-16(24)10-22(2)3/h5,7,11,14-15H,4,6,8-10H2,1-3H3,(H,19,24)(H,18,20,21)/t14-,15+/m0/s1. The van der Waals surface area contributed by atoms with Crippen LogP contribution in [0.25, 0.3) is 0 Å². The van der Waals surface area contributed by atoms with E-state index < -0.39 is 0 Å². The van der Waals surface area contributed by atoms with Gasteiger partial charge in [0.2, 0.25) is 5.91 Å². The van der Waals surface area contributed by atoms with Crippen molar-refractivity contribution in [1.82, 2.24) is 30.3 Å². The molecular weight excluding hydrogens is 336 g/mol. The number of hydrogen-bond donors (Lipinski definition) is 2. The summed E-state index contributed by atoms with van der Waals surface area (Å²) in [5.41, 5.74) is 1.33. The highest BCUT2D eigenvalue weighted by atomic mass is 32.1. The molecule has 1 saturated heterocycles. The molecule has 2 aromatic rings. The zero-order chi connectivity index (χ0) is 17.8. The Morgan fingerprint density at radius 3 is 3.00 bits per heavy atom. The van der Waals surface area contributed by atoms with Crippen molar-refractivity contribution in [1.29, 1.82) is 0 Å². The van der Waals surface area contributed by atoms with Crippen LogP contribution in [-0.4, -0.2) is 70.7 Å². The number of likely N-dealkylation sites (tertiary alicyclic amines) is 1. The minimum Gasteiger partial charge on any atom is -0.350 e. The molecule has 7 nitrogen and oxygen atoms in total. The Bertz CT molecular complexity index is 683. The highest BCUT2D eigenvalue weighted by molar-refractivity contribution is 7.07. The number of piperidine rings is 1. The number of carbonyl (C=O) groups excluding carboxylic acids is 1. The summed E-state index contributed by atoms with van der Waals surface area (Å²) in [5.74, 6) is 1.82. The molecule has 0 saturated carbocycles. The van der Waals surface area contributed by atoms with E-state index >= 15 is 0 Å². The van der Waals surface area contributed by atoms with Crippen molar-refractivity contribution in [2.45, 2.75) is 31.8 Å². The maximum atomic E-state index is 12.3. The number of thiophene rings is 1. The molecule has 2 aromatic heterocycles. The molecule has 0 aromatic carbocycles. The number of aryl methyl sites for hydroxylation is 1. The van der Waals surface area contributed by atoms with Crippen molar-refractivity contribution in [3.05, 3.63) is 34.0 Å². The van der Waals surface area contributed by atoms with Crippen LogP contribution in [0.15, 0.2) is 16.8 Å². The number of aromatic nitrogens is 3. The molecule has 136 valence electrons. The summed E-state index contributed by atoms with van der Waals surface area (Å²) in [4.78, 5) is 21.1. The van der Waals surface area contributed by atoms with E-state index in [4.69, 9.17) is 0 Å². The summed E-state index contributed by atoms with van der Waals surface area (Å²) in [5, 5.41) is 14.8. The summed E-state index contributed by atoms with van der Waals surface area (Å²) >= 11 is 1.72. The van der Waals surface area contributed by atoms with E-state index in [1.165, 1.54) is 5.56 Å². The first-order chi connectivity index (χ1) is 12.0. The zero-order valence-corrected chi connectivity index (χ0v) is 15.8. The van der Waals surface area contributed by atoms with Crippen LogP contribution in [0.1, 0.15) is 29.6 Å². The van der Waals surface area contributed by atoms with E-state index in [9.17, 15) is 4.79 Å². The number of rotatable bonds is 6. The lowest BCUT2D eigenvalue weighted by Gasteiger charge is -2.38. The van der Waals surface area contributed by atoms with Gasteiger partial charge in [-0.05, 0) is 56.4 Å². The fraction of sp³-hybridized carbons (Fsp3) is 0.588. The summed E-state index contributed by atoms with van der Waals surface area (Å²) in [7, 11) is 3.80. The lowest BCUT2D eigenvalue weighted by Crippen LogP contribution is -2.53. The Kier molecular flexibility index (Phi) is 5.82. The average Bonchev–Trinajstić information content (AvgIpc) is 3.18. The Balaban J connectivity index is 1.70. The number of hydrogen-bond acceptors (Lipinski definition) is 6. The molecule has 1 amide bonds. The molecule has 0 spiro atoms. The summed E-state index contributed by atoms with van der Waals surface area (Å²) < 4.78 is 0. The second kappa shape index (κ2) is 8.07. The summed E-state index contributed by atoms with van der Waals surface area (Å²) in [6.07, 6.45) is 0.939. The predicted octanol–water partition coefficient (Wildman–Crippen LogP) is 1.21. The number of nitrogens with one attached hydrogen (secondary N) is 2. The fourth-order valence-electron chi connectivity index (χ4n) is 3.32. The van der Waals surface area contributed by atoms with Crippen LogP contribution in [-0.2, 0) is 11.3 Å². The third-order valence-electron chi connectivity index (χ3n) is 4.44. The molecule has 0 unspecified atom stereocenters. The molecule has 8 heteroatoms. The van der Waals surface area contributed by atoms with Crippen LogP contribution in [0.3, 0.4) is 0 Å². The lowest BCUT2D eigenvalue weighted by atomic mass is 9.90. The first-order valence-electron chi connectivity index (χ1n) is 8.57. The van der Waals surface area contributed by atoms with Crippen LogP contribution >= 0.6 is 11.3 Å². The molecule has 25 heavy (non-hydrogen) atoms. The Hall–Kier alpha value is -1.77. The molecule has 0 radical (unpaired) electrons. The van der Waals surface area contributed by atoms with Gasteiger partial charge >= 0.3 is 0 Å². The second-order valence-electron chi connectivity index (χ2n) is 6.95. The van der Waals surface area contributed by atoms with Gasteiger partial charge in [-0.25, -0.2) is 4.98 Å². The molecule has 0 bridgehead atoms. The second-order valence-corrected chi connectivity index (χ2v) is 7.73. The van der Waals surface area contributed by atoms with E-state index in [0.717, 1.165) is 37.7 Å². The van der Waals surface area contributed by atoms with E-state index in [1.54, 1.807) is 11.3 Å². The lowest BCUT2D eigenvalue weighted by molar-refractivity contribution is -0.123. The number of amides is 1. The number of aromatic amines is 1. The molecule has 2 atom stereocenters. The molecule has 1 aliphatic heterocycles. The van der Waals surface area contributed by atoms with Gasteiger partial charge in [-0.1, -0.05) is 0 Å². The van der Waals surface area contributed by atoms with E-state index in [2.05, 4.69) is 42.2 Å². The largest absolute Gasteiger partial charge is 0.350 e. The number of carbonyl (C=O) groups is 1. The van der Waals surface area contributed by atoms with Gasteiger partial charge in [-0.3, -0.25) is 14.8 Å². The monoisotopic (exact) mass is 362 g/mol. The van der Waals surface area contributed by atoms with Gasteiger partial charge < -0.3 is 10.2 Å². The summed E-state index contributed by atoms with van der Waals surface area (Å²) in [6.45, 7) is 5.01. The normalized spacial score (nSPS) is 21.6. The molecule has 3 heterocycles. The fourth-order valence-corrected chi connectivity index (χ4v) is 3.98. The minimum atomic E-state index is 0.0232. The Labute approximate surface area is 152 Å². The van der Waals surface area contributed by atoms with Gasteiger partial charge in [0.25, 0.3) is 0 Å². The van der Waals surface area contributed by atoms with Crippen LogP contribution < -0.4 is 5.32 Å². The van der Waals surface area contributed by atoms with Crippen molar-refractivity contribution < 1.29 is 4.79 Å². The van der Waals surface area contributed by atoms with E-state index in [1.807, 2.05) is 25.9 Å². The maximum absolute atomic E-state index is 12.3. The van der Waals surface area contributed by atoms with Crippen LogP contribution in [0.2, 0.25) is 0 Å². The third-order valence-corrected chi connectivity index (χ3v) is 5.17. The maximum Gasteiger partial charge on any atom is 0.234 e. The van der Waals surface area contributed by atoms with Crippen molar-refractivity contribution in [3.8, 4) is 0 Å². The van der Waals surface area contributed by atoms with Gasteiger partial charge in [0, 0.05) is 19.0 Å². The molecule has 3 rings (SSSR count). The van der Waals surface area contributed by atoms with Crippen LogP contribution in [0, 0.1) is 6.92 Å². The van der Waals surface area contributed by atoms with Gasteiger partial charge in [0.15, 0.2) is 5.82 Å². The highest BCUT2D eigenvalue weighted by Gasteiger charge is 2.33. The third kappa shape index (κ3) is 4.87. The highest BCUT2D eigenvalue weighted by Crippen LogP contribution is 2.27. The van der Waals surface area contributed by atoms with Crippen molar-refractivity contribution >= 4 is 17.2 Å². The predicted molar refractivity (Wildman–Crippen MR) is 98.6 cm³/mol. The number of nitrogens with zero attached hydrogens (tertiary/aromatic N) is 4. The molecule has 0 aliphatic carbocycles. The van der Waals surface area contributed by atoms with E-state index in [-0.39, 0.29) is 17.9 Å². The smallest absolute Gasteiger partial charge is 0.234 e. The minimum absolute atomic E-state index is 0.0232. The van der Waals surface area contributed by atoms with Gasteiger partial charge in [-0.15, -0.1) is 0 Å². The number of H-pyrrole nitrogens is 1. The molecule has 1 aliphatic rings. The molecule has 2 N–H and O–H groups in total. The van der Waals surface area contributed by atoms with Gasteiger partial charge in [0.1, 0.15) is 5.82 Å². The van der Waals surface area contributed by atoms with Crippen molar-refractivity contribution in [3.63, 3.8) is 0 Å². The topological polar surface area (TPSA) is 77.2 Å². The molecule has 1 fully saturated rings. The van der Waals surface area contributed by atoms with Gasteiger partial charge in [0.05, 0.1) is 12.6 Å².